The summed E-state index contributed by atoms with van der Waals surface area (Å²) in [6.07, 6.45) is 4.14. The summed E-state index contributed by atoms with van der Waals surface area (Å²) in [6, 6.07) is 12.5. The van der Waals surface area contributed by atoms with Crippen LogP contribution in [0.1, 0.15) is 42.7 Å². The van der Waals surface area contributed by atoms with Crippen LogP contribution in [0.15, 0.2) is 42.6 Å². The van der Waals surface area contributed by atoms with Crippen molar-refractivity contribution in [1.82, 2.24) is 15.0 Å². The third-order valence-corrected chi connectivity index (χ3v) is 8.64. The number of nitrogens with one attached hydrogen (secondary N) is 1. The van der Waals surface area contributed by atoms with Crippen LogP contribution in [-0.4, -0.2) is 47.8 Å². The van der Waals surface area contributed by atoms with Crippen molar-refractivity contribution in [3.63, 3.8) is 0 Å². The molecule has 1 saturated heterocycles. The van der Waals surface area contributed by atoms with E-state index >= 15 is 0 Å². The van der Waals surface area contributed by atoms with Crippen molar-refractivity contribution in [2.45, 2.75) is 53.2 Å². The fraction of sp³-hybridized carbons (Fsp3) is 0.419. The molecule has 4 aromatic rings. The predicted molar refractivity (Wildman–Crippen MR) is 156 cm³/mol. The molecule has 0 radical (unpaired) electrons. The molecule has 6 nitrogen and oxygen atoms in total. The van der Waals surface area contributed by atoms with Gasteiger partial charge in [0, 0.05) is 84.1 Å². The summed E-state index contributed by atoms with van der Waals surface area (Å²) in [5.41, 5.74) is 8.22. The van der Waals surface area contributed by atoms with Gasteiger partial charge in [0.2, 0.25) is 0 Å². The molecule has 2 aromatic heterocycles. The van der Waals surface area contributed by atoms with E-state index in [-0.39, 0.29) is 11.5 Å². The van der Waals surface area contributed by atoms with Gasteiger partial charge >= 0.3 is 0 Å². The van der Waals surface area contributed by atoms with Gasteiger partial charge in [0.1, 0.15) is 5.82 Å². The number of rotatable bonds is 4. The monoisotopic (exact) mass is 529 g/mol. The van der Waals surface area contributed by atoms with Gasteiger partial charge in [-0.05, 0) is 49.6 Å². The number of aromatic amines is 1. The van der Waals surface area contributed by atoms with Gasteiger partial charge in [-0.3, -0.25) is 0 Å². The highest BCUT2D eigenvalue weighted by Gasteiger charge is 2.38. The molecule has 1 N–H and O–H groups in total. The molecule has 4 heterocycles. The van der Waals surface area contributed by atoms with Crippen molar-refractivity contribution in [1.29, 1.82) is 0 Å². The van der Waals surface area contributed by atoms with Gasteiger partial charge in [-0.15, -0.1) is 0 Å². The van der Waals surface area contributed by atoms with Gasteiger partial charge < -0.3 is 19.5 Å². The fourth-order valence-electron chi connectivity index (χ4n) is 6.40. The Kier molecular flexibility index (Phi) is 6.36. The lowest BCUT2D eigenvalue weighted by Gasteiger charge is -2.45. The molecule has 0 bridgehead atoms. The van der Waals surface area contributed by atoms with Crippen molar-refractivity contribution in [3.8, 4) is 11.4 Å². The van der Waals surface area contributed by atoms with Gasteiger partial charge in [0.15, 0.2) is 5.82 Å². The number of aryl methyl sites for hydroxylation is 2. The van der Waals surface area contributed by atoms with Crippen LogP contribution in [0.4, 0.5) is 11.5 Å². The SMILES string of the molecule is CO[C@H]1CCN(c2nc(-c3cccc4[nH]cc(C)c34)nc3c2CN(c2cc(Cl)ccc2C)CC3)CC1(C)C. The second-order valence-electron chi connectivity index (χ2n) is 11.5. The normalized spacial score (nSPS) is 19.2. The standard InChI is InChI=1S/C31H36ClN5O/c1-19-9-10-21(32)15-26(19)36-13-11-24-23(17-36)30(37-14-12-27(38-5)31(3,4)18-37)35-29(34-24)22-7-6-8-25-28(22)20(2)16-33-25/h6-10,15-16,27,33H,11-14,17-18H2,1-5H3/t27-/m0/s1. The lowest BCUT2D eigenvalue weighted by molar-refractivity contribution is -0.00647. The van der Waals surface area contributed by atoms with Crippen molar-refractivity contribution < 1.29 is 4.74 Å². The molecule has 1 fully saturated rings. The van der Waals surface area contributed by atoms with Gasteiger partial charge in [-0.25, -0.2) is 9.97 Å². The number of anilines is 2. The number of H-pyrrole nitrogens is 1. The number of halogens is 1. The Morgan fingerprint density at radius 2 is 1.89 bits per heavy atom. The molecular formula is C31H36ClN5O. The molecule has 2 aromatic carbocycles. The number of piperidine rings is 1. The Balaban J connectivity index is 1.48. The Labute approximate surface area is 230 Å². The first-order chi connectivity index (χ1) is 18.2. The first kappa shape index (κ1) is 25.2. The van der Waals surface area contributed by atoms with Gasteiger partial charge in [0.25, 0.3) is 0 Å². The number of hydrogen-bond donors (Lipinski definition) is 1. The number of methoxy groups -OCH3 is 1. The lowest BCUT2D eigenvalue weighted by Crippen LogP contribution is -2.50. The van der Waals surface area contributed by atoms with Crippen LogP contribution in [-0.2, 0) is 17.7 Å². The Bertz CT molecular complexity index is 1510. The highest BCUT2D eigenvalue weighted by Crippen LogP contribution is 2.39. The highest BCUT2D eigenvalue weighted by atomic mass is 35.5. The van der Waals surface area contributed by atoms with Crippen LogP contribution in [0.3, 0.4) is 0 Å². The van der Waals surface area contributed by atoms with Gasteiger partial charge in [-0.1, -0.05) is 43.6 Å². The van der Waals surface area contributed by atoms with E-state index in [0.717, 1.165) is 72.5 Å². The molecule has 1 atom stereocenters. The van der Waals surface area contributed by atoms with E-state index in [1.54, 1.807) is 0 Å². The summed E-state index contributed by atoms with van der Waals surface area (Å²) in [4.78, 5) is 18.9. The van der Waals surface area contributed by atoms with E-state index in [0.29, 0.717) is 0 Å². The molecule has 0 saturated carbocycles. The molecular weight excluding hydrogens is 494 g/mol. The summed E-state index contributed by atoms with van der Waals surface area (Å²) in [5, 5.41) is 1.96. The average molecular weight is 530 g/mol. The third-order valence-electron chi connectivity index (χ3n) is 8.41. The van der Waals surface area contributed by atoms with Crippen LogP contribution < -0.4 is 9.80 Å². The predicted octanol–water partition coefficient (Wildman–Crippen LogP) is 6.71. The van der Waals surface area contributed by atoms with Crippen LogP contribution in [0.2, 0.25) is 5.02 Å². The number of hydrogen-bond acceptors (Lipinski definition) is 5. The summed E-state index contributed by atoms with van der Waals surface area (Å²) in [7, 11) is 1.83. The summed E-state index contributed by atoms with van der Waals surface area (Å²) in [6.45, 7) is 12.4. The number of ether oxygens (including phenoxy) is 1. The molecule has 0 amide bonds. The molecule has 0 spiro atoms. The molecule has 2 aliphatic rings. The first-order valence-electron chi connectivity index (χ1n) is 13.5. The second kappa shape index (κ2) is 9.58. The smallest absolute Gasteiger partial charge is 0.162 e. The minimum Gasteiger partial charge on any atom is -0.381 e. The zero-order valence-corrected chi connectivity index (χ0v) is 23.7. The van der Waals surface area contributed by atoms with Crippen molar-refractivity contribution in [2.75, 3.05) is 36.5 Å². The van der Waals surface area contributed by atoms with E-state index in [2.05, 4.69) is 79.0 Å². The molecule has 38 heavy (non-hydrogen) atoms. The van der Waals surface area contributed by atoms with Crippen molar-refractivity contribution >= 4 is 34.0 Å². The van der Waals surface area contributed by atoms with Gasteiger partial charge in [-0.2, -0.15) is 0 Å². The molecule has 2 aliphatic heterocycles. The minimum absolute atomic E-state index is 0.0140. The highest BCUT2D eigenvalue weighted by molar-refractivity contribution is 6.30. The number of aromatic nitrogens is 3. The molecule has 0 aliphatic carbocycles. The van der Waals surface area contributed by atoms with Crippen LogP contribution in [0.25, 0.3) is 22.3 Å². The molecule has 0 unspecified atom stereocenters. The first-order valence-corrected chi connectivity index (χ1v) is 13.9. The van der Waals surface area contributed by atoms with E-state index in [4.69, 9.17) is 26.3 Å². The maximum absolute atomic E-state index is 6.41. The minimum atomic E-state index is 0.0140. The number of nitrogens with zero attached hydrogens (tertiary/aromatic N) is 4. The zero-order valence-electron chi connectivity index (χ0n) is 22.9. The Morgan fingerprint density at radius 1 is 1.05 bits per heavy atom. The van der Waals surface area contributed by atoms with E-state index < -0.39 is 0 Å². The van der Waals surface area contributed by atoms with Crippen LogP contribution in [0.5, 0.6) is 0 Å². The van der Waals surface area contributed by atoms with Crippen molar-refractivity contribution in [2.24, 2.45) is 5.41 Å². The topological polar surface area (TPSA) is 57.3 Å². The summed E-state index contributed by atoms with van der Waals surface area (Å²) >= 11 is 6.41. The van der Waals surface area contributed by atoms with E-state index in [9.17, 15) is 0 Å². The molecule has 6 rings (SSSR count). The lowest BCUT2D eigenvalue weighted by atomic mass is 9.81. The zero-order chi connectivity index (χ0) is 26.6. The third kappa shape index (κ3) is 4.34. The van der Waals surface area contributed by atoms with E-state index in [1.807, 2.05) is 13.2 Å². The van der Waals surface area contributed by atoms with E-state index in [1.165, 1.54) is 27.8 Å². The second-order valence-corrected chi connectivity index (χ2v) is 12.0. The largest absolute Gasteiger partial charge is 0.381 e. The van der Waals surface area contributed by atoms with Crippen LogP contribution >= 0.6 is 11.6 Å². The van der Waals surface area contributed by atoms with Crippen molar-refractivity contribution in [3.05, 3.63) is 70.0 Å². The number of fused-ring (bicyclic) bond motifs is 2. The number of benzene rings is 2. The van der Waals surface area contributed by atoms with Gasteiger partial charge in [0.05, 0.1) is 11.8 Å². The molecule has 198 valence electrons. The molecule has 7 heteroatoms. The quantitative estimate of drug-likeness (QED) is 0.318. The summed E-state index contributed by atoms with van der Waals surface area (Å²) in [5.74, 6) is 1.87. The maximum Gasteiger partial charge on any atom is 0.162 e. The maximum atomic E-state index is 6.41. The Hall–Kier alpha value is -3.09. The Morgan fingerprint density at radius 3 is 2.68 bits per heavy atom. The average Bonchev–Trinajstić information content (AvgIpc) is 3.29. The summed E-state index contributed by atoms with van der Waals surface area (Å²) < 4.78 is 5.86. The van der Waals surface area contributed by atoms with Crippen LogP contribution in [0, 0.1) is 19.3 Å². The fourth-order valence-corrected chi connectivity index (χ4v) is 6.57.